The summed E-state index contributed by atoms with van der Waals surface area (Å²) in [4.78, 5) is 18.0. The van der Waals surface area contributed by atoms with Crippen molar-refractivity contribution in [1.82, 2.24) is 4.98 Å². The van der Waals surface area contributed by atoms with Crippen LogP contribution < -0.4 is 16.0 Å². The third-order valence-corrected chi connectivity index (χ3v) is 2.98. The van der Waals surface area contributed by atoms with Crippen molar-refractivity contribution in [3.05, 3.63) is 12.1 Å². The van der Waals surface area contributed by atoms with E-state index in [0.717, 1.165) is 18.9 Å². The van der Waals surface area contributed by atoms with Gasteiger partial charge in [-0.2, -0.15) is 0 Å². The molecule has 0 radical (unpaired) electrons. The van der Waals surface area contributed by atoms with E-state index < -0.39 is 0 Å². The number of hydrogen-bond donors (Lipinski definition) is 2. The van der Waals surface area contributed by atoms with Gasteiger partial charge in [-0.25, -0.2) is 4.98 Å². The molecule has 2 rings (SSSR count). The fourth-order valence-corrected chi connectivity index (χ4v) is 2.11. The second kappa shape index (κ2) is 6.26. The summed E-state index contributed by atoms with van der Waals surface area (Å²) < 4.78 is 4.85. The van der Waals surface area contributed by atoms with Crippen molar-refractivity contribution in [2.24, 2.45) is 0 Å². The van der Waals surface area contributed by atoms with E-state index in [-0.39, 0.29) is 12.5 Å². The van der Waals surface area contributed by atoms with Crippen LogP contribution in [-0.4, -0.2) is 37.2 Å². The van der Waals surface area contributed by atoms with E-state index >= 15 is 0 Å². The summed E-state index contributed by atoms with van der Waals surface area (Å²) >= 11 is 0. The molecule has 0 aliphatic carbocycles. The Morgan fingerprint density at radius 3 is 2.89 bits per heavy atom. The van der Waals surface area contributed by atoms with Crippen LogP contribution in [0.2, 0.25) is 0 Å². The molecule has 1 aliphatic heterocycles. The first-order valence-electron chi connectivity index (χ1n) is 6.61. The van der Waals surface area contributed by atoms with E-state index in [1.807, 2.05) is 6.07 Å². The summed E-state index contributed by atoms with van der Waals surface area (Å²) in [5, 5.41) is 2.94. The maximum absolute atomic E-state index is 11.3. The van der Waals surface area contributed by atoms with Gasteiger partial charge in [0.1, 0.15) is 18.2 Å². The van der Waals surface area contributed by atoms with E-state index in [1.54, 1.807) is 13.0 Å². The van der Waals surface area contributed by atoms with E-state index in [2.05, 4.69) is 15.2 Å². The summed E-state index contributed by atoms with van der Waals surface area (Å²) in [7, 11) is 0. The van der Waals surface area contributed by atoms with Crippen molar-refractivity contribution in [2.45, 2.75) is 19.8 Å². The van der Waals surface area contributed by atoms with E-state index in [1.165, 1.54) is 12.8 Å². The van der Waals surface area contributed by atoms with Gasteiger partial charge in [0, 0.05) is 30.9 Å². The molecular weight excluding hydrogens is 244 g/mol. The van der Waals surface area contributed by atoms with Crippen LogP contribution in [-0.2, 0) is 9.53 Å². The van der Waals surface area contributed by atoms with Crippen LogP contribution in [0.3, 0.4) is 0 Å². The van der Waals surface area contributed by atoms with Gasteiger partial charge in [-0.15, -0.1) is 0 Å². The Hall–Kier alpha value is -1.98. The number of nitrogens with one attached hydrogen (secondary N) is 1. The van der Waals surface area contributed by atoms with Crippen LogP contribution in [0.5, 0.6) is 0 Å². The predicted molar refractivity (Wildman–Crippen MR) is 75.2 cm³/mol. The summed E-state index contributed by atoms with van der Waals surface area (Å²) in [5.41, 5.74) is 6.51. The molecule has 3 N–H and O–H groups in total. The second-order valence-electron chi connectivity index (χ2n) is 4.50. The maximum Gasteiger partial charge on any atom is 0.325 e. The Kier molecular flexibility index (Phi) is 4.43. The lowest BCUT2D eigenvalue weighted by atomic mass is 10.3. The zero-order valence-electron chi connectivity index (χ0n) is 11.2. The Morgan fingerprint density at radius 2 is 2.21 bits per heavy atom. The van der Waals surface area contributed by atoms with E-state index in [9.17, 15) is 4.79 Å². The fourth-order valence-electron chi connectivity index (χ4n) is 2.11. The highest BCUT2D eigenvalue weighted by Gasteiger charge is 2.14. The molecule has 0 amide bonds. The van der Waals surface area contributed by atoms with Crippen LogP contribution in [0.1, 0.15) is 19.8 Å². The quantitative estimate of drug-likeness (QED) is 0.779. The highest BCUT2D eigenvalue weighted by atomic mass is 16.5. The fraction of sp³-hybridized carbons (Fsp3) is 0.538. The third kappa shape index (κ3) is 3.74. The molecule has 104 valence electrons. The maximum atomic E-state index is 11.3. The zero-order valence-corrected chi connectivity index (χ0v) is 11.2. The summed E-state index contributed by atoms with van der Waals surface area (Å²) in [6.45, 7) is 4.28. The number of hydrogen-bond acceptors (Lipinski definition) is 6. The van der Waals surface area contributed by atoms with E-state index in [0.29, 0.717) is 18.1 Å². The minimum Gasteiger partial charge on any atom is -0.465 e. The molecule has 0 spiro atoms. The molecule has 1 saturated heterocycles. The van der Waals surface area contributed by atoms with Crippen LogP contribution >= 0.6 is 0 Å². The molecule has 19 heavy (non-hydrogen) atoms. The molecule has 6 nitrogen and oxygen atoms in total. The number of nitrogen functional groups attached to an aromatic ring is 1. The molecule has 1 fully saturated rings. The first-order valence-corrected chi connectivity index (χ1v) is 6.61. The summed E-state index contributed by atoms with van der Waals surface area (Å²) in [6, 6.07) is 3.58. The predicted octanol–water partition coefficient (Wildman–Crippen LogP) is 1.24. The third-order valence-electron chi connectivity index (χ3n) is 2.98. The van der Waals surface area contributed by atoms with Crippen molar-refractivity contribution >= 4 is 23.3 Å². The van der Waals surface area contributed by atoms with Gasteiger partial charge in [0.25, 0.3) is 0 Å². The van der Waals surface area contributed by atoms with Gasteiger partial charge in [-0.05, 0) is 19.8 Å². The SMILES string of the molecule is CCOC(=O)CNc1cc(N)cc(N2CCCC2)n1. The minimum atomic E-state index is -0.297. The molecule has 2 heterocycles. The molecule has 0 aromatic carbocycles. The lowest BCUT2D eigenvalue weighted by molar-refractivity contribution is -0.140. The Balaban J connectivity index is 2.02. The topological polar surface area (TPSA) is 80.5 Å². The molecule has 0 unspecified atom stereocenters. The Bertz CT molecular complexity index is 444. The lowest BCUT2D eigenvalue weighted by Gasteiger charge is -2.18. The van der Waals surface area contributed by atoms with Crippen molar-refractivity contribution in [1.29, 1.82) is 0 Å². The number of ether oxygens (including phenoxy) is 1. The summed E-state index contributed by atoms with van der Waals surface area (Å²) in [5.74, 6) is 1.17. The average Bonchev–Trinajstić information content (AvgIpc) is 2.90. The van der Waals surface area contributed by atoms with Gasteiger partial charge in [-0.3, -0.25) is 4.79 Å². The van der Waals surface area contributed by atoms with Gasteiger partial charge in [0.15, 0.2) is 0 Å². The molecule has 0 saturated carbocycles. The number of rotatable bonds is 5. The molecule has 0 bridgehead atoms. The molecule has 6 heteroatoms. The highest BCUT2D eigenvalue weighted by Crippen LogP contribution is 2.22. The van der Waals surface area contributed by atoms with E-state index in [4.69, 9.17) is 10.5 Å². The van der Waals surface area contributed by atoms with Crippen molar-refractivity contribution in [3.63, 3.8) is 0 Å². The van der Waals surface area contributed by atoms with Crippen molar-refractivity contribution < 1.29 is 9.53 Å². The number of carbonyl (C=O) groups is 1. The molecule has 1 aliphatic rings. The number of anilines is 3. The number of nitrogens with two attached hydrogens (primary N) is 1. The molecule has 1 aromatic rings. The number of pyridine rings is 1. The van der Waals surface area contributed by atoms with Crippen LogP contribution in [0.4, 0.5) is 17.3 Å². The molecule has 1 aromatic heterocycles. The van der Waals surface area contributed by atoms with Crippen molar-refractivity contribution in [2.75, 3.05) is 42.2 Å². The van der Waals surface area contributed by atoms with Gasteiger partial charge in [-0.1, -0.05) is 0 Å². The Labute approximate surface area is 112 Å². The standard InChI is InChI=1S/C13H20N4O2/c1-2-19-13(18)9-15-11-7-10(14)8-12(16-11)17-5-3-4-6-17/h7-8H,2-6,9H2,1H3,(H3,14,15,16). The smallest absolute Gasteiger partial charge is 0.325 e. The zero-order chi connectivity index (χ0) is 13.7. The Morgan fingerprint density at radius 1 is 1.47 bits per heavy atom. The second-order valence-corrected chi connectivity index (χ2v) is 4.50. The first-order chi connectivity index (χ1) is 9.19. The van der Waals surface area contributed by atoms with Gasteiger partial charge < -0.3 is 20.7 Å². The number of carbonyl (C=O) groups excluding carboxylic acids is 1. The molecule has 0 atom stereocenters. The molecular formula is C13H20N4O2. The average molecular weight is 264 g/mol. The largest absolute Gasteiger partial charge is 0.465 e. The lowest BCUT2D eigenvalue weighted by Crippen LogP contribution is -2.21. The highest BCUT2D eigenvalue weighted by molar-refractivity contribution is 5.75. The van der Waals surface area contributed by atoms with Crippen LogP contribution in [0.25, 0.3) is 0 Å². The van der Waals surface area contributed by atoms with Gasteiger partial charge in [0.2, 0.25) is 0 Å². The van der Waals surface area contributed by atoms with Crippen LogP contribution in [0, 0.1) is 0 Å². The number of esters is 1. The van der Waals surface area contributed by atoms with Gasteiger partial charge >= 0.3 is 5.97 Å². The normalized spacial score (nSPS) is 14.5. The number of nitrogens with zero attached hydrogens (tertiary/aromatic N) is 2. The minimum absolute atomic E-state index is 0.101. The summed E-state index contributed by atoms with van der Waals surface area (Å²) in [6.07, 6.45) is 2.37. The first kappa shape index (κ1) is 13.5. The van der Waals surface area contributed by atoms with Crippen molar-refractivity contribution in [3.8, 4) is 0 Å². The monoisotopic (exact) mass is 264 g/mol. The van der Waals surface area contributed by atoms with Gasteiger partial charge in [0.05, 0.1) is 6.61 Å². The van der Waals surface area contributed by atoms with Crippen LogP contribution in [0.15, 0.2) is 12.1 Å². The number of aromatic nitrogens is 1.